The Labute approximate surface area is 102 Å². The number of likely N-dealkylation sites (N-methyl/N-ethyl adjacent to an activating group) is 1. The number of anilines is 1. The zero-order valence-corrected chi connectivity index (χ0v) is 10.3. The lowest BCUT2D eigenvalue weighted by Crippen LogP contribution is -2.23. The van der Waals surface area contributed by atoms with E-state index in [0.29, 0.717) is 13.2 Å². The first-order valence-electron chi connectivity index (χ1n) is 5.78. The summed E-state index contributed by atoms with van der Waals surface area (Å²) in [6.45, 7) is 1.60. The SMILES string of the molecule is COCN(C)CCc1ccc2c(c1)CC(=O)N2. The van der Waals surface area contributed by atoms with Gasteiger partial charge in [0, 0.05) is 19.3 Å². The molecule has 1 amide bonds. The Hall–Kier alpha value is -1.39. The predicted molar refractivity (Wildman–Crippen MR) is 67.0 cm³/mol. The Morgan fingerprint density at radius 2 is 2.29 bits per heavy atom. The minimum absolute atomic E-state index is 0.0913. The van der Waals surface area contributed by atoms with Gasteiger partial charge in [0.25, 0.3) is 0 Å². The first-order valence-corrected chi connectivity index (χ1v) is 5.78. The Morgan fingerprint density at radius 3 is 3.06 bits per heavy atom. The van der Waals surface area contributed by atoms with E-state index in [4.69, 9.17) is 4.74 Å². The number of benzene rings is 1. The molecule has 1 aromatic carbocycles. The van der Waals surface area contributed by atoms with Gasteiger partial charge in [0.2, 0.25) is 5.91 Å². The van der Waals surface area contributed by atoms with Gasteiger partial charge in [-0.3, -0.25) is 9.69 Å². The molecule has 0 aliphatic carbocycles. The van der Waals surface area contributed by atoms with Gasteiger partial charge in [0.1, 0.15) is 0 Å². The molecule has 2 rings (SSSR count). The molecule has 0 bridgehead atoms. The molecule has 1 aliphatic rings. The van der Waals surface area contributed by atoms with Crippen molar-refractivity contribution in [3.05, 3.63) is 29.3 Å². The van der Waals surface area contributed by atoms with Crippen molar-refractivity contribution >= 4 is 11.6 Å². The second kappa shape index (κ2) is 5.29. The molecular formula is C13H18N2O2. The second-order valence-electron chi connectivity index (χ2n) is 4.46. The molecule has 1 heterocycles. The van der Waals surface area contributed by atoms with E-state index >= 15 is 0 Å². The Morgan fingerprint density at radius 1 is 1.47 bits per heavy atom. The van der Waals surface area contributed by atoms with E-state index in [0.717, 1.165) is 24.2 Å². The van der Waals surface area contributed by atoms with Gasteiger partial charge >= 0.3 is 0 Å². The van der Waals surface area contributed by atoms with Crippen LogP contribution < -0.4 is 5.32 Å². The minimum atomic E-state index is 0.0913. The van der Waals surface area contributed by atoms with Gasteiger partial charge in [-0.05, 0) is 30.7 Å². The number of amides is 1. The van der Waals surface area contributed by atoms with E-state index in [2.05, 4.69) is 22.3 Å². The van der Waals surface area contributed by atoms with Gasteiger partial charge < -0.3 is 10.1 Å². The molecule has 0 radical (unpaired) electrons. The van der Waals surface area contributed by atoms with Gasteiger partial charge in [-0.25, -0.2) is 0 Å². The van der Waals surface area contributed by atoms with Gasteiger partial charge in [-0.15, -0.1) is 0 Å². The highest BCUT2D eigenvalue weighted by molar-refractivity contribution is 5.99. The lowest BCUT2D eigenvalue weighted by Gasteiger charge is -2.15. The van der Waals surface area contributed by atoms with Crippen LogP contribution in [0.4, 0.5) is 5.69 Å². The number of hydrogen-bond acceptors (Lipinski definition) is 3. The highest BCUT2D eigenvalue weighted by atomic mass is 16.5. The van der Waals surface area contributed by atoms with Gasteiger partial charge in [0.05, 0.1) is 13.2 Å². The lowest BCUT2D eigenvalue weighted by molar-refractivity contribution is -0.115. The van der Waals surface area contributed by atoms with E-state index in [1.807, 2.05) is 13.1 Å². The van der Waals surface area contributed by atoms with Crippen LogP contribution in [-0.2, 0) is 22.4 Å². The van der Waals surface area contributed by atoms with Crippen molar-refractivity contribution in [3.63, 3.8) is 0 Å². The van der Waals surface area contributed by atoms with Gasteiger partial charge in [0.15, 0.2) is 0 Å². The van der Waals surface area contributed by atoms with E-state index in [-0.39, 0.29) is 5.91 Å². The number of ether oxygens (including phenoxy) is 1. The number of methoxy groups -OCH3 is 1. The smallest absolute Gasteiger partial charge is 0.228 e. The van der Waals surface area contributed by atoms with Crippen LogP contribution in [-0.4, -0.2) is 38.2 Å². The number of fused-ring (bicyclic) bond motifs is 1. The third-order valence-electron chi connectivity index (χ3n) is 2.93. The average Bonchev–Trinajstić information content (AvgIpc) is 2.66. The van der Waals surface area contributed by atoms with Crippen molar-refractivity contribution in [1.29, 1.82) is 0 Å². The summed E-state index contributed by atoms with van der Waals surface area (Å²) in [6.07, 6.45) is 1.48. The monoisotopic (exact) mass is 234 g/mol. The minimum Gasteiger partial charge on any atom is -0.369 e. The van der Waals surface area contributed by atoms with Crippen molar-refractivity contribution < 1.29 is 9.53 Å². The molecule has 1 aromatic rings. The molecule has 0 saturated heterocycles. The van der Waals surface area contributed by atoms with E-state index in [1.54, 1.807) is 7.11 Å². The van der Waals surface area contributed by atoms with Crippen LogP contribution in [0.15, 0.2) is 18.2 Å². The van der Waals surface area contributed by atoms with E-state index in [1.165, 1.54) is 5.56 Å². The summed E-state index contributed by atoms with van der Waals surface area (Å²) in [5, 5.41) is 2.84. The fourth-order valence-electron chi connectivity index (χ4n) is 2.04. The maximum Gasteiger partial charge on any atom is 0.228 e. The van der Waals surface area contributed by atoms with Crippen LogP contribution in [0, 0.1) is 0 Å². The third-order valence-corrected chi connectivity index (χ3v) is 2.93. The molecule has 0 aromatic heterocycles. The highest BCUT2D eigenvalue weighted by Crippen LogP contribution is 2.23. The Kier molecular flexibility index (Phi) is 3.76. The van der Waals surface area contributed by atoms with Gasteiger partial charge in [-0.1, -0.05) is 12.1 Å². The molecule has 4 nitrogen and oxygen atoms in total. The summed E-state index contributed by atoms with van der Waals surface area (Å²) in [7, 11) is 3.73. The van der Waals surface area contributed by atoms with Crippen LogP contribution >= 0.6 is 0 Å². The number of hydrogen-bond donors (Lipinski definition) is 1. The third kappa shape index (κ3) is 3.05. The van der Waals surface area contributed by atoms with Crippen LogP contribution in [0.5, 0.6) is 0 Å². The largest absolute Gasteiger partial charge is 0.369 e. The molecule has 0 spiro atoms. The van der Waals surface area contributed by atoms with Crippen LogP contribution in [0.3, 0.4) is 0 Å². The summed E-state index contributed by atoms with van der Waals surface area (Å²) >= 11 is 0. The van der Waals surface area contributed by atoms with E-state index in [9.17, 15) is 4.79 Å². The molecule has 0 unspecified atom stereocenters. The first kappa shape index (κ1) is 12.1. The van der Waals surface area contributed by atoms with Crippen LogP contribution in [0.2, 0.25) is 0 Å². The van der Waals surface area contributed by atoms with Crippen molar-refractivity contribution in [1.82, 2.24) is 4.90 Å². The van der Waals surface area contributed by atoms with Crippen molar-refractivity contribution in [2.75, 3.05) is 32.7 Å². The van der Waals surface area contributed by atoms with Crippen molar-refractivity contribution in [3.8, 4) is 0 Å². The second-order valence-corrected chi connectivity index (χ2v) is 4.46. The summed E-state index contributed by atoms with van der Waals surface area (Å²) in [4.78, 5) is 13.3. The molecule has 0 fully saturated rings. The van der Waals surface area contributed by atoms with Gasteiger partial charge in [-0.2, -0.15) is 0 Å². The number of carbonyl (C=O) groups is 1. The maximum atomic E-state index is 11.2. The summed E-state index contributed by atoms with van der Waals surface area (Å²) < 4.78 is 5.05. The molecule has 0 saturated carbocycles. The number of rotatable bonds is 5. The molecule has 92 valence electrons. The molecular weight excluding hydrogens is 216 g/mol. The zero-order chi connectivity index (χ0) is 12.3. The zero-order valence-electron chi connectivity index (χ0n) is 10.3. The summed E-state index contributed by atoms with van der Waals surface area (Å²) in [6, 6.07) is 6.19. The molecule has 0 atom stereocenters. The number of carbonyl (C=O) groups excluding carboxylic acids is 1. The molecule has 1 aliphatic heterocycles. The quantitative estimate of drug-likeness (QED) is 0.780. The van der Waals surface area contributed by atoms with Crippen LogP contribution in [0.1, 0.15) is 11.1 Å². The average molecular weight is 234 g/mol. The normalized spacial score (nSPS) is 13.9. The Bertz CT molecular complexity index is 418. The highest BCUT2D eigenvalue weighted by Gasteiger charge is 2.17. The Balaban J connectivity index is 1.95. The first-order chi connectivity index (χ1) is 8.19. The topological polar surface area (TPSA) is 41.6 Å². The number of nitrogens with one attached hydrogen (secondary N) is 1. The fraction of sp³-hybridized carbons (Fsp3) is 0.462. The molecule has 17 heavy (non-hydrogen) atoms. The van der Waals surface area contributed by atoms with Crippen molar-refractivity contribution in [2.45, 2.75) is 12.8 Å². The molecule has 1 N–H and O–H groups in total. The predicted octanol–water partition coefficient (Wildman–Crippen LogP) is 1.26. The summed E-state index contributed by atoms with van der Waals surface area (Å²) in [5.74, 6) is 0.0913. The maximum absolute atomic E-state index is 11.2. The lowest BCUT2D eigenvalue weighted by atomic mass is 10.1. The van der Waals surface area contributed by atoms with Crippen LogP contribution in [0.25, 0.3) is 0 Å². The summed E-state index contributed by atoms with van der Waals surface area (Å²) in [5.41, 5.74) is 3.34. The fourth-order valence-corrected chi connectivity index (χ4v) is 2.04. The standard InChI is InChI=1S/C13H18N2O2/c1-15(9-17-2)6-5-10-3-4-12-11(7-10)8-13(16)14-12/h3-4,7H,5-6,8-9H2,1-2H3,(H,14,16). The molecule has 4 heteroatoms. The van der Waals surface area contributed by atoms with E-state index < -0.39 is 0 Å². The van der Waals surface area contributed by atoms with Crippen molar-refractivity contribution in [2.24, 2.45) is 0 Å². The number of nitrogens with zero attached hydrogens (tertiary/aromatic N) is 1.